The van der Waals surface area contributed by atoms with Gasteiger partial charge in [0.25, 0.3) is 10.0 Å². The summed E-state index contributed by atoms with van der Waals surface area (Å²) in [6, 6.07) is 1.39. The van der Waals surface area contributed by atoms with Crippen molar-refractivity contribution < 1.29 is 13.2 Å². The van der Waals surface area contributed by atoms with E-state index in [2.05, 4.69) is 4.98 Å². The summed E-state index contributed by atoms with van der Waals surface area (Å²) in [5.74, 6) is 0.550. The Morgan fingerprint density at radius 1 is 1.56 bits per heavy atom. The Balaban J connectivity index is 2.37. The Morgan fingerprint density at radius 3 is 2.75 bits per heavy atom. The van der Waals surface area contributed by atoms with E-state index in [1.165, 1.54) is 24.0 Å². The van der Waals surface area contributed by atoms with Crippen LogP contribution >= 0.6 is 11.8 Å². The molecule has 1 aliphatic carbocycles. The van der Waals surface area contributed by atoms with Crippen molar-refractivity contribution >= 4 is 21.8 Å². The fourth-order valence-corrected chi connectivity index (χ4v) is 2.11. The lowest BCUT2D eigenvalue weighted by Crippen LogP contribution is -2.14. The topological polar surface area (TPSA) is 82.3 Å². The third-order valence-electron chi connectivity index (χ3n) is 2.14. The van der Waals surface area contributed by atoms with Gasteiger partial charge in [0, 0.05) is 12.3 Å². The van der Waals surface area contributed by atoms with Crippen molar-refractivity contribution in [3.8, 4) is 5.75 Å². The SMILES string of the molecule is CSc1cnc(S(N)(=O)=O)cc1OC1CC1. The van der Waals surface area contributed by atoms with Crippen LogP contribution in [0.2, 0.25) is 0 Å². The minimum Gasteiger partial charge on any atom is -0.489 e. The zero-order chi connectivity index (χ0) is 11.8. The highest BCUT2D eigenvalue weighted by Crippen LogP contribution is 2.33. The number of thioether (sulfide) groups is 1. The minimum atomic E-state index is -3.77. The van der Waals surface area contributed by atoms with Crippen molar-refractivity contribution in [2.24, 2.45) is 5.14 Å². The van der Waals surface area contributed by atoms with Gasteiger partial charge in [-0.05, 0) is 19.1 Å². The maximum atomic E-state index is 11.1. The second-order valence-electron chi connectivity index (χ2n) is 3.54. The standard InChI is InChI=1S/C9H12N2O3S2/c1-15-8-5-11-9(16(10,12)13)4-7(8)14-6-2-3-6/h4-6H,2-3H2,1H3,(H2,10,12,13). The molecule has 2 N–H and O–H groups in total. The number of sulfonamides is 1. The first kappa shape index (κ1) is 11.7. The van der Waals surface area contributed by atoms with E-state index < -0.39 is 10.0 Å². The van der Waals surface area contributed by atoms with E-state index in [1.54, 1.807) is 0 Å². The lowest BCUT2D eigenvalue weighted by molar-refractivity contribution is 0.294. The van der Waals surface area contributed by atoms with E-state index in [4.69, 9.17) is 9.88 Å². The van der Waals surface area contributed by atoms with Crippen molar-refractivity contribution in [3.05, 3.63) is 12.3 Å². The summed E-state index contributed by atoms with van der Waals surface area (Å²) in [5.41, 5.74) is 0. The molecule has 0 spiro atoms. The first-order valence-corrected chi connectivity index (χ1v) is 7.51. The third-order valence-corrected chi connectivity index (χ3v) is 3.69. The van der Waals surface area contributed by atoms with Gasteiger partial charge in [-0.15, -0.1) is 11.8 Å². The van der Waals surface area contributed by atoms with Crippen LogP contribution < -0.4 is 9.88 Å². The van der Waals surface area contributed by atoms with Crippen LogP contribution in [0.4, 0.5) is 0 Å². The molecule has 2 rings (SSSR count). The Labute approximate surface area is 98.4 Å². The molecule has 0 unspecified atom stereocenters. The summed E-state index contributed by atoms with van der Waals surface area (Å²) in [5, 5.41) is 4.86. The van der Waals surface area contributed by atoms with Crippen LogP contribution in [0.1, 0.15) is 12.8 Å². The molecule has 5 nitrogen and oxygen atoms in total. The molecule has 88 valence electrons. The maximum absolute atomic E-state index is 11.1. The highest BCUT2D eigenvalue weighted by molar-refractivity contribution is 7.98. The van der Waals surface area contributed by atoms with Crippen molar-refractivity contribution in [3.63, 3.8) is 0 Å². The second kappa shape index (κ2) is 4.23. The maximum Gasteiger partial charge on any atom is 0.255 e. The second-order valence-corrected chi connectivity index (χ2v) is 5.89. The number of aromatic nitrogens is 1. The number of hydrogen-bond donors (Lipinski definition) is 1. The Kier molecular flexibility index (Phi) is 3.09. The molecule has 0 aliphatic heterocycles. The van der Waals surface area contributed by atoms with E-state index >= 15 is 0 Å². The van der Waals surface area contributed by atoms with Crippen LogP contribution in [0.25, 0.3) is 0 Å². The van der Waals surface area contributed by atoms with E-state index in [-0.39, 0.29) is 11.1 Å². The first-order chi connectivity index (χ1) is 7.50. The van der Waals surface area contributed by atoms with Gasteiger partial charge in [0.1, 0.15) is 5.75 Å². The zero-order valence-corrected chi connectivity index (χ0v) is 10.3. The highest BCUT2D eigenvalue weighted by atomic mass is 32.2. The van der Waals surface area contributed by atoms with Gasteiger partial charge >= 0.3 is 0 Å². The van der Waals surface area contributed by atoms with Crippen LogP contribution in [0.5, 0.6) is 5.75 Å². The summed E-state index contributed by atoms with van der Waals surface area (Å²) in [6.45, 7) is 0. The predicted molar refractivity (Wildman–Crippen MR) is 61.0 cm³/mol. The summed E-state index contributed by atoms with van der Waals surface area (Å²) >= 11 is 1.46. The molecule has 1 aromatic rings. The molecule has 0 radical (unpaired) electrons. The number of ether oxygens (including phenoxy) is 1. The van der Waals surface area contributed by atoms with Crippen LogP contribution in [-0.2, 0) is 10.0 Å². The van der Waals surface area contributed by atoms with E-state index in [0.717, 1.165) is 17.7 Å². The van der Waals surface area contributed by atoms with Gasteiger partial charge in [-0.2, -0.15) is 0 Å². The smallest absolute Gasteiger partial charge is 0.255 e. The van der Waals surface area contributed by atoms with Gasteiger partial charge < -0.3 is 4.74 Å². The van der Waals surface area contributed by atoms with Gasteiger partial charge in [-0.1, -0.05) is 0 Å². The van der Waals surface area contributed by atoms with Crippen LogP contribution in [0.3, 0.4) is 0 Å². The molecule has 0 amide bonds. The van der Waals surface area contributed by atoms with Gasteiger partial charge in [-0.25, -0.2) is 18.5 Å². The molecule has 1 fully saturated rings. The summed E-state index contributed by atoms with van der Waals surface area (Å²) < 4.78 is 27.9. The summed E-state index contributed by atoms with van der Waals surface area (Å²) in [7, 11) is -3.77. The largest absolute Gasteiger partial charge is 0.489 e. The van der Waals surface area contributed by atoms with Gasteiger partial charge in [-0.3, -0.25) is 0 Å². The Morgan fingerprint density at radius 2 is 2.25 bits per heavy atom. The van der Waals surface area contributed by atoms with Gasteiger partial charge in [0.05, 0.1) is 11.0 Å². The zero-order valence-electron chi connectivity index (χ0n) is 8.71. The fraction of sp³-hybridized carbons (Fsp3) is 0.444. The Hall–Kier alpha value is -0.790. The van der Waals surface area contributed by atoms with E-state index in [1.807, 2.05) is 6.26 Å². The number of rotatable bonds is 4. The molecule has 1 aliphatic rings. The highest BCUT2D eigenvalue weighted by Gasteiger charge is 2.25. The number of primary sulfonamides is 1. The monoisotopic (exact) mass is 260 g/mol. The molecular formula is C9H12N2O3S2. The van der Waals surface area contributed by atoms with Crippen LogP contribution in [0.15, 0.2) is 22.2 Å². The van der Waals surface area contributed by atoms with Crippen molar-refractivity contribution in [2.45, 2.75) is 28.9 Å². The van der Waals surface area contributed by atoms with Crippen molar-refractivity contribution in [1.29, 1.82) is 0 Å². The molecule has 1 heterocycles. The molecule has 1 aromatic heterocycles. The average Bonchev–Trinajstić information content (AvgIpc) is 3.00. The number of nitrogens with two attached hydrogens (primary N) is 1. The summed E-state index contributed by atoms with van der Waals surface area (Å²) in [4.78, 5) is 4.61. The normalized spacial score (nSPS) is 16.1. The molecule has 7 heteroatoms. The van der Waals surface area contributed by atoms with Crippen LogP contribution in [0, 0.1) is 0 Å². The third kappa shape index (κ3) is 2.66. The molecular weight excluding hydrogens is 248 g/mol. The number of pyridine rings is 1. The van der Waals surface area contributed by atoms with Crippen molar-refractivity contribution in [1.82, 2.24) is 4.98 Å². The lowest BCUT2D eigenvalue weighted by atomic mass is 10.4. The predicted octanol–water partition coefficient (Wildman–Crippen LogP) is 0.992. The average molecular weight is 260 g/mol. The van der Waals surface area contributed by atoms with Gasteiger partial charge in [0.2, 0.25) is 0 Å². The molecule has 0 aromatic carbocycles. The number of nitrogens with zero attached hydrogens (tertiary/aromatic N) is 1. The summed E-state index contributed by atoms with van der Waals surface area (Å²) in [6.07, 6.45) is 5.60. The van der Waals surface area contributed by atoms with Crippen molar-refractivity contribution in [2.75, 3.05) is 6.26 Å². The molecule has 0 bridgehead atoms. The first-order valence-electron chi connectivity index (χ1n) is 4.74. The molecule has 1 saturated carbocycles. The van der Waals surface area contributed by atoms with Gasteiger partial charge in [0.15, 0.2) is 5.03 Å². The molecule has 16 heavy (non-hydrogen) atoms. The molecule has 0 atom stereocenters. The number of hydrogen-bond acceptors (Lipinski definition) is 5. The van der Waals surface area contributed by atoms with E-state index in [9.17, 15) is 8.42 Å². The quantitative estimate of drug-likeness (QED) is 0.816. The van der Waals surface area contributed by atoms with E-state index in [0.29, 0.717) is 5.75 Å². The van der Waals surface area contributed by atoms with Crippen LogP contribution in [-0.4, -0.2) is 25.8 Å². The minimum absolute atomic E-state index is 0.152. The Bertz CT molecular complexity index is 497. The lowest BCUT2D eigenvalue weighted by Gasteiger charge is -2.09. The fourth-order valence-electron chi connectivity index (χ4n) is 1.17. The molecule has 0 saturated heterocycles.